The Bertz CT molecular complexity index is 710. The van der Waals surface area contributed by atoms with Crippen molar-refractivity contribution in [1.29, 1.82) is 0 Å². The second-order valence-corrected chi connectivity index (χ2v) is 6.66. The Morgan fingerprint density at radius 1 is 1.14 bits per heavy atom. The average Bonchev–Trinajstić information content (AvgIpc) is 3.03. The van der Waals surface area contributed by atoms with E-state index in [1.165, 1.54) is 22.9 Å². The number of aromatic nitrogens is 2. The van der Waals surface area contributed by atoms with Crippen molar-refractivity contribution in [2.75, 3.05) is 31.1 Å². The number of hydrogen-bond donors (Lipinski definition) is 1. The lowest BCUT2D eigenvalue weighted by molar-refractivity contribution is 0.382. The first-order valence-corrected chi connectivity index (χ1v) is 8.01. The first kappa shape index (κ1) is 14.0. The molecule has 0 radical (unpaired) electrons. The van der Waals surface area contributed by atoms with Crippen LogP contribution in [0.3, 0.4) is 0 Å². The quantitative estimate of drug-likeness (QED) is 0.920. The molecule has 1 aromatic heterocycles. The third-order valence-electron chi connectivity index (χ3n) is 3.52. The lowest BCUT2D eigenvalue weighted by Gasteiger charge is -2.35. The molecule has 2 heterocycles. The summed E-state index contributed by atoms with van der Waals surface area (Å²) in [6, 6.07) is 6.52. The van der Waals surface area contributed by atoms with Crippen LogP contribution in [0.2, 0.25) is 0 Å². The molecule has 1 saturated heterocycles. The minimum atomic E-state index is -3.54. The fourth-order valence-corrected chi connectivity index (χ4v) is 3.72. The summed E-state index contributed by atoms with van der Waals surface area (Å²) >= 11 is 0. The van der Waals surface area contributed by atoms with Crippen molar-refractivity contribution in [1.82, 2.24) is 14.3 Å². The number of sulfonamides is 1. The maximum absolute atomic E-state index is 13.7. The highest BCUT2D eigenvalue weighted by atomic mass is 32.2. The Kier molecular flexibility index (Phi) is 3.64. The van der Waals surface area contributed by atoms with Gasteiger partial charge in [-0.1, -0.05) is 12.1 Å². The van der Waals surface area contributed by atoms with Gasteiger partial charge in [0.25, 0.3) is 10.0 Å². The molecule has 1 N–H and O–H groups in total. The molecular weight excluding hydrogens is 295 g/mol. The maximum Gasteiger partial charge on any atom is 0.260 e. The Balaban J connectivity index is 1.73. The zero-order valence-corrected chi connectivity index (χ0v) is 12.1. The van der Waals surface area contributed by atoms with Crippen molar-refractivity contribution < 1.29 is 12.8 Å². The molecule has 1 fully saturated rings. The number of imidazole rings is 1. The van der Waals surface area contributed by atoms with E-state index in [1.54, 1.807) is 18.2 Å². The maximum atomic E-state index is 13.7. The van der Waals surface area contributed by atoms with Crippen LogP contribution >= 0.6 is 0 Å². The number of rotatable bonds is 3. The monoisotopic (exact) mass is 310 g/mol. The predicted molar refractivity (Wildman–Crippen MR) is 76.0 cm³/mol. The zero-order valence-electron chi connectivity index (χ0n) is 11.2. The third-order valence-corrected chi connectivity index (χ3v) is 5.35. The van der Waals surface area contributed by atoms with Crippen molar-refractivity contribution in [2.45, 2.75) is 5.03 Å². The Morgan fingerprint density at radius 3 is 2.48 bits per heavy atom. The van der Waals surface area contributed by atoms with Gasteiger partial charge in [0.1, 0.15) is 5.82 Å². The minimum Gasteiger partial charge on any atom is -0.367 e. The molecule has 0 atom stereocenters. The number of piperazine rings is 1. The summed E-state index contributed by atoms with van der Waals surface area (Å²) in [5, 5.41) is 0.0850. The van der Waals surface area contributed by atoms with Gasteiger partial charge in [-0.3, -0.25) is 0 Å². The predicted octanol–water partition coefficient (Wildman–Crippen LogP) is 1.06. The van der Waals surface area contributed by atoms with Gasteiger partial charge in [-0.05, 0) is 12.1 Å². The van der Waals surface area contributed by atoms with E-state index in [0.717, 1.165) is 0 Å². The SMILES string of the molecule is O=S(=O)(c1cnc[nH]1)N1CCN(c2ccccc2F)CC1. The van der Waals surface area contributed by atoms with Crippen LogP contribution in [0.15, 0.2) is 41.8 Å². The summed E-state index contributed by atoms with van der Waals surface area (Å²) in [6.45, 7) is 1.54. The van der Waals surface area contributed by atoms with Gasteiger partial charge in [-0.15, -0.1) is 0 Å². The molecule has 2 aromatic rings. The summed E-state index contributed by atoms with van der Waals surface area (Å²) in [6.07, 6.45) is 2.63. The number of benzene rings is 1. The number of nitrogens with zero attached hydrogens (tertiary/aromatic N) is 3. The molecule has 21 heavy (non-hydrogen) atoms. The highest BCUT2D eigenvalue weighted by Crippen LogP contribution is 2.22. The summed E-state index contributed by atoms with van der Waals surface area (Å²) in [4.78, 5) is 8.20. The molecule has 0 unspecified atom stereocenters. The molecule has 0 amide bonds. The highest BCUT2D eigenvalue weighted by Gasteiger charge is 2.30. The second-order valence-electron chi connectivity index (χ2n) is 4.76. The largest absolute Gasteiger partial charge is 0.367 e. The first-order chi connectivity index (χ1) is 10.1. The third kappa shape index (κ3) is 2.64. The molecule has 112 valence electrons. The van der Waals surface area contributed by atoms with Crippen LogP contribution in [-0.2, 0) is 10.0 Å². The fourth-order valence-electron chi connectivity index (χ4n) is 2.40. The van der Waals surface area contributed by atoms with Gasteiger partial charge < -0.3 is 9.88 Å². The average molecular weight is 310 g/mol. The topological polar surface area (TPSA) is 69.3 Å². The number of hydrogen-bond acceptors (Lipinski definition) is 4. The number of para-hydroxylation sites is 1. The Morgan fingerprint density at radius 2 is 1.86 bits per heavy atom. The van der Waals surface area contributed by atoms with Gasteiger partial charge >= 0.3 is 0 Å². The summed E-state index contributed by atoms with van der Waals surface area (Å²) in [5.74, 6) is -0.289. The van der Waals surface area contributed by atoms with E-state index < -0.39 is 10.0 Å². The van der Waals surface area contributed by atoms with E-state index in [4.69, 9.17) is 0 Å². The summed E-state index contributed by atoms with van der Waals surface area (Å²) < 4.78 is 39.8. The lowest BCUT2D eigenvalue weighted by Crippen LogP contribution is -2.49. The van der Waals surface area contributed by atoms with Crippen LogP contribution in [-0.4, -0.2) is 48.9 Å². The smallest absolute Gasteiger partial charge is 0.260 e. The van der Waals surface area contributed by atoms with E-state index in [1.807, 2.05) is 4.90 Å². The van der Waals surface area contributed by atoms with Gasteiger partial charge in [-0.2, -0.15) is 4.31 Å². The molecule has 6 nitrogen and oxygen atoms in total. The van der Waals surface area contributed by atoms with Crippen molar-refractivity contribution in [2.24, 2.45) is 0 Å². The first-order valence-electron chi connectivity index (χ1n) is 6.57. The zero-order chi connectivity index (χ0) is 14.9. The van der Waals surface area contributed by atoms with Gasteiger partial charge in [0.2, 0.25) is 0 Å². The van der Waals surface area contributed by atoms with Gasteiger partial charge in [0.05, 0.1) is 18.2 Å². The van der Waals surface area contributed by atoms with Crippen LogP contribution in [0.25, 0.3) is 0 Å². The number of anilines is 1. The summed E-state index contributed by atoms with van der Waals surface area (Å²) in [7, 11) is -3.54. The van der Waals surface area contributed by atoms with Crippen LogP contribution in [0, 0.1) is 5.82 Å². The second kappa shape index (κ2) is 5.45. The van der Waals surface area contributed by atoms with E-state index in [0.29, 0.717) is 31.9 Å². The van der Waals surface area contributed by atoms with Crippen LogP contribution in [0.1, 0.15) is 0 Å². The van der Waals surface area contributed by atoms with Crippen molar-refractivity contribution >= 4 is 15.7 Å². The summed E-state index contributed by atoms with van der Waals surface area (Å²) in [5.41, 5.74) is 0.510. The van der Waals surface area contributed by atoms with E-state index in [2.05, 4.69) is 9.97 Å². The molecule has 1 aromatic carbocycles. The van der Waals surface area contributed by atoms with Crippen molar-refractivity contribution in [3.63, 3.8) is 0 Å². The fraction of sp³-hybridized carbons (Fsp3) is 0.308. The number of nitrogens with one attached hydrogen (secondary N) is 1. The highest BCUT2D eigenvalue weighted by molar-refractivity contribution is 7.89. The number of aromatic amines is 1. The Hall–Kier alpha value is -1.93. The number of H-pyrrole nitrogens is 1. The standard InChI is InChI=1S/C13H15FN4O2S/c14-11-3-1-2-4-12(11)17-5-7-18(8-6-17)21(19,20)13-9-15-10-16-13/h1-4,9-10H,5-8H2,(H,15,16). The molecule has 0 spiro atoms. The molecule has 0 aliphatic carbocycles. The van der Waals surface area contributed by atoms with Crippen LogP contribution in [0.4, 0.5) is 10.1 Å². The Labute approximate surface area is 122 Å². The molecule has 0 bridgehead atoms. The van der Waals surface area contributed by atoms with Crippen molar-refractivity contribution in [3.05, 3.63) is 42.6 Å². The van der Waals surface area contributed by atoms with Crippen LogP contribution < -0.4 is 4.90 Å². The van der Waals surface area contributed by atoms with E-state index in [-0.39, 0.29) is 10.8 Å². The van der Waals surface area contributed by atoms with E-state index in [9.17, 15) is 12.8 Å². The molecule has 3 rings (SSSR count). The molecule has 1 aliphatic rings. The van der Waals surface area contributed by atoms with Gasteiger partial charge in [0.15, 0.2) is 5.03 Å². The van der Waals surface area contributed by atoms with Crippen molar-refractivity contribution in [3.8, 4) is 0 Å². The lowest BCUT2D eigenvalue weighted by atomic mass is 10.2. The molecule has 0 saturated carbocycles. The molecule has 1 aliphatic heterocycles. The van der Waals surface area contributed by atoms with Gasteiger partial charge in [-0.25, -0.2) is 17.8 Å². The number of halogens is 1. The normalized spacial score (nSPS) is 17.1. The van der Waals surface area contributed by atoms with Gasteiger partial charge in [0, 0.05) is 26.2 Å². The van der Waals surface area contributed by atoms with E-state index >= 15 is 0 Å². The molecular formula is C13H15FN4O2S. The minimum absolute atomic E-state index is 0.0850. The van der Waals surface area contributed by atoms with Crippen LogP contribution in [0.5, 0.6) is 0 Å². The molecule has 8 heteroatoms.